The second-order valence-electron chi connectivity index (χ2n) is 7.03. The van der Waals surface area contributed by atoms with Crippen LogP contribution in [-0.2, 0) is 13.0 Å². The van der Waals surface area contributed by atoms with Crippen molar-refractivity contribution in [2.24, 2.45) is 0 Å². The molecule has 0 spiro atoms. The third-order valence-electron chi connectivity index (χ3n) is 5.43. The van der Waals surface area contributed by atoms with Crippen molar-refractivity contribution in [3.05, 3.63) is 101 Å². The van der Waals surface area contributed by atoms with Crippen LogP contribution >= 0.6 is 0 Å². The molecule has 1 atom stereocenters. The molecule has 0 radical (unpaired) electrons. The molecule has 0 saturated carbocycles. The number of nitrogens with zero attached hydrogens (tertiary/aromatic N) is 2. The molecule has 5 rings (SSSR count). The predicted molar refractivity (Wildman–Crippen MR) is 105 cm³/mol. The maximum Gasteiger partial charge on any atom is 0.128 e. The lowest BCUT2D eigenvalue weighted by molar-refractivity contribution is 0.196. The fraction of sp³-hybridized carbons (Fsp3) is 0.174. The number of H-pyrrole nitrogens is 1. The Morgan fingerprint density at radius 1 is 1.00 bits per heavy atom. The zero-order valence-electron chi connectivity index (χ0n) is 14.9. The van der Waals surface area contributed by atoms with Gasteiger partial charge in [-0.1, -0.05) is 42.5 Å². The van der Waals surface area contributed by atoms with Crippen molar-refractivity contribution in [3.8, 4) is 0 Å². The molecule has 4 heteroatoms. The third-order valence-corrected chi connectivity index (χ3v) is 5.43. The Morgan fingerprint density at radius 2 is 1.81 bits per heavy atom. The summed E-state index contributed by atoms with van der Waals surface area (Å²) in [6.07, 6.45) is 2.75. The Labute approximate surface area is 157 Å². The van der Waals surface area contributed by atoms with Gasteiger partial charge in [-0.3, -0.25) is 9.88 Å². The van der Waals surface area contributed by atoms with Gasteiger partial charge in [-0.25, -0.2) is 4.39 Å². The Bertz CT molecular complexity index is 1090. The average Bonchev–Trinajstić information content (AvgIpc) is 3.08. The smallest absolute Gasteiger partial charge is 0.128 e. The number of pyridine rings is 1. The van der Waals surface area contributed by atoms with Gasteiger partial charge in [-0.2, -0.15) is 0 Å². The molecule has 0 saturated heterocycles. The summed E-state index contributed by atoms with van der Waals surface area (Å²) < 4.78 is 14.8. The van der Waals surface area contributed by atoms with Crippen LogP contribution in [-0.4, -0.2) is 21.4 Å². The minimum absolute atomic E-state index is 0.149. The van der Waals surface area contributed by atoms with Crippen LogP contribution < -0.4 is 0 Å². The van der Waals surface area contributed by atoms with Gasteiger partial charge in [0.1, 0.15) is 5.82 Å². The van der Waals surface area contributed by atoms with E-state index in [-0.39, 0.29) is 11.9 Å². The summed E-state index contributed by atoms with van der Waals surface area (Å²) in [5.41, 5.74) is 5.22. The fourth-order valence-electron chi connectivity index (χ4n) is 4.21. The number of nitrogens with one attached hydrogen (secondary N) is 1. The summed E-state index contributed by atoms with van der Waals surface area (Å²) in [7, 11) is 0. The molecule has 3 nitrogen and oxygen atoms in total. The standard InChI is InChI=1S/C23H20FN3/c24-20-10-3-1-9-19(20)23-22-18(17-8-2-4-11-21(17)26-22)12-14-27(23)15-16-7-5-6-13-25-16/h1-11,13,23,26H,12,14-15H2. The minimum atomic E-state index is -0.167. The van der Waals surface area contributed by atoms with E-state index in [4.69, 9.17) is 0 Å². The van der Waals surface area contributed by atoms with Crippen LogP contribution in [0.3, 0.4) is 0 Å². The highest BCUT2D eigenvalue weighted by Crippen LogP contribution is 2.39. The monoisotopic (exact) mass is 357 g/mol. The molecule has 0 fully saturated rings. The molecular formula is C23H20FN3. The number of aromatic amines is 1. The largest absolute Gasteiger partial charge is 0.357 e. The lowest BCUT2D eigenvalue weighted by Gasteiger charge is -2.36. The summed E-state index contributed by atoms with van der Waals surface area (Å²) >= 11 is 0. The molecule has 1 aliphatic heterocycles. The van der Waals surface area contributed by atoms with E-state index < -0.39 is 0 Å². The first-order valence-electron chi connectivity index (χ1n) is 9.29. The molecule has 3 heterocycles. The van der Waals surface area contributed by atoms with E-state index in [0.717, 1.165) is 29.9 Å². The van der Waals surface area contributed by atoms with Crippen molar-refractivity contribution in [2.75, 3.05) is 6.54 Å². The van der Waals surface area contributed by atoms with Crippen LogP contribution in [0, 0.1) is 5.82 Å². The van der Waals surface area contributed by atoms with Gasteiger partial charge in [-0.15, -0.1) is 0 Å². The average molecular weight is 357 g/mol. The van der Waals surface area contributed by atoms with E-state index in [1.807, 2.05) is 42.6 Å². The zero-order valence-corrected chi connectivity index (χ0v) is 14.9. The number of hydrogen-bond acceptors (Lipinski definition) is 2. The molecule has 0 amide bonds. The van der Waals surface area contributed by atoms with Gasteiger partial charge in [0.05, 0.1) is 11.7 Å². The predicted octanol–water partition coefficient (Wildman–Crippen LogP) is 4.85. The first kappa shape index (κ1) is 16.2. The van der Waals surface area contributed by atoms with Gasteiger partial charge >= 0.3 is 0 Å². The molecule has 2 aromatic carbocycles. The Hall–Kier alpha value is -2.98. The van der Waals surface area contributed by atoms with Crippen molar-refractivity contribution in [2.45, 2.75) is 19.0 Å². The van der Waals surface area contributed by atoms with E-state index in [1.54, 1.807) is 12.1 Å². The SMILES string of the molecule is Fc1ccccc1C1c2[nH]c3ccccc3c2CCN1Cc1ccccn1. The van der Waals surface area contributed by atoms with E-state index in [1.165, 1.54) is 10.9 Å². The minimum Gasteiger partial charge on any atom is -0.357 e. The van der Waals surface area contributed by atoms with Crippen molar-refractivity contribution < 1.29 is 4.39 Å². The van der Waals surface area contributed by atoms with Gasteiger partial charge in [0.25, 0.3) is 0 Å². The van der Waals surface area contributed by atoms with Crippen molar-refractivity contribution in [1.82, 2.24) is 14.9 Å². The molecule has 2 aromatic heterocycles. The third kappa shape index (κ3) is 2.82. The highest BCUT2D eigenvalue weighted by atomic mass is 19.1. The number of hydrogen-bond donors (Lipinski definition) is 1. The first-order valence-corrected chi connectivity index (χ1v) is 9.29. The zero-order chi connectivity index (χ0) is 18.2. The summed E-state index contributed by atoms with van der Waals surface area (Å²) in [6, 6.07) is 21.2. The maximum absolute atomic E-state index is 14.8. The number of para-hydroxylation sites is 1. The molecule has 1 N–H and O–H groups in total. The van der Waals surface area contributed by atoms with Crippen LogP contribution in [0.4, 0.5) is 4.39 Å². The van der Waals surface area contributed by atoms with E-state index in [2.05, 4.69) is 33.1 Å². The fourth-order valence-corrected chi connectivity index (χ4v) is 4.21. The number of benzene rings is 2. The van der Waals surface area contributed by atoms with E-state index in [9.17, 15) is 4.39 Å². The number of aromatic nitrogens is 2. The molecule has 1 unspecified atom stereocenters. The lowest BCUT2D eigenvalue weighted by Crippen LogP contribution is -2.36. The van der Waals surface area contributed by atoms with Crippen molar-refractivity contribution >= 4 is 10.9 Å². The van der Waals surface area contributed by atoms with Crippen molar-refractivity contribution in [1.29, 1.82) is 0 Å². The summed E-state index contributed by atoms with van der Waals surface area (Å²) in [6.45, 7) is 1.55. The number of halogens is 1. The number of fused-ring (bicyclic) bond motifs is 3. The second kappa shape index (κ2) is 6.63. The van der Waals surface area contributed by atoms with Gasteiger partial charge < -0.3 is 4.98 Å². The summed E-state index contributed by atoms with van der Waals surface area (Å²) in [4.78, 5) is 10.4. The molecule has 27 heavy (non-hydrogen) atoms. The second-order valence-corrected chi connectivity index (χ2v) is 7.03. The van der Waals surface area contributed by atoms with Gasteiger partial charge in [0.2, 0.25) is 0 Å². The lowest BCUT2D eigenvalue weighted by atomic mass is 9.92. The Balaban J connectivity index is 1.65. The summed E-state index contributed by atoms with van der Waals surface area (Å²) in [5.74, 6) is -0.167. The van der Waals surface area contributed by atoms with Crippen LogP contribution in [0.5, 0.6) is 0 Å². The highest BCUT2D eigenvalue weighted by Gasteiger charge is 2.33. The molecule has 134 valence electrons. The van der Waals surface area contributed by atoms with Crippen LogP contribution in [0.1, 0.15) is 28.6 Å². The highest BCUT2D eigenvalue weighted by molar-refractivity contribution is 5.85. The molecule has 1 aliphatic rings. The molecule has 0 aliphatic carbocycles. The van der Waals surface area contributed by atoms with Crippen LogP contribution in [0.15, 0.2) is 72.9 Å². The molecule has 0 bridgehead atoms. The van der Waals surface area contributed by atoms with Gasteiger partial charge in [0.15, 0.2) is 0 Å². The van der Waals surface area contributed by atoms with Crippen LogP contribution in [0.25, 0.3) is 10.9 Å². The molecular weight excluding hydrogens is 337 g/mol. The Morgan fingerprint density at radius 3 is 2.67 bits per heavy atom. The van der Waals surface area contributed by atoms with E-state index >= 15 is 0 Å². The first-order chi connectivity index (χ1) is 13.3. The summed E-state index contributed by atoms with van der Waals surface area (Å²) in [5, 5.41) is 1.24. The van der Waals surface area contributed by atoms with Crippen LogP contribution in [0.2, 0.25) is 0 Å². The Kier molecular flexibility index (Phi) is 3.98. The topological polar surface area (TPSA) is 31.9 Å². The van der Waals surface area contributed by atoms with Gasteiger partial charge in [-0.05, 0) is 36.2 Å². The normalized spacial score (nSPS) is 17.1. The molecule has 4 aromatic rings. The van der Waals surface area contributed by atoms with Gasteiger partial charge in [0, 0.05) is 41.4 Å². The maximum atomic E-state index is 14.8. The number of rotatable bonds is 3. The quantitative estimate of drug-likeness (QED) is 0.568. The van der Waals surface area contributed by atoms with E-state index in [0.29, 0.717) is 12.1 Å². The van der Waals surface area contributed by atoms with Crippen molar-refractivity contribution in [3.63, 3.8) is 0 Å².